The van der Waals surface area contributed by atoms with Gasteiger partial charge in [0.25, 0.3) is 0 Å². The summed E-state index contributed by atoms with van der Waals surface area (Å²) in [5, 5.41) is 6.76. The summed E-state index contributed by atoms with van der Waals surface area (Å²) >= 11 is 3.97. The molecule has 3 atom stereocenters. The van der Waals surface area contributed by atoms with Crippen LogP contribution in [0.3, 0.4) is 0 Å². The first-order valence-electron chi connectivity index (χ1n) is 5.72. The van der Waals surface area contributed by atoms with Gasteiger partial charge in [0.1, 0.15) is 0 Å². The third kappa shape index (κ3) is 2.77. The summed E-state index contributed by atoms with van der Waals surface area (Å²) in [5.74, 6) is 1.32. The molecule has 0 amide bonds. The maximum atomic E-state index is 3.81. The number of thioether (sulfide) groups is 1. The van der Waals surface area contributed by atoms with Gasteiger partial charge >= 0.3 is 0 Å². The molecule has 15 heavy (non-hydrogen) atoms. The smallest absolute Gasteiger partial charge is 0.0414 e. The minimum Gasteiger partial charge on any atom is -0.305 e. The molecule has 0 aliphatic carbocycles. The third-order valence-corrected chi connectivity index (χ3v) is 5.40. The van der Waals surface area contributed by atoms with Gasteiger partial charge in [-0.2, -0.15) is 11.8 Å². The van der Waals surface area contributed by atoms with Crippen LogP contribution in [0.4, 0.5) is 0 Å². The predicted molar refractivity (Wildman–Crippen MR) is 70.8 cm³/mol. The molecule has 0 radical (unpaired) electrons. The van der Waals surface area contributed by atoms with Gasteiger partial charge in [0, 0.05) is 22.2 Å². The lowest BCUT2D eigenvalue weighted by Crippen LogP contribution is -2.35. The van der Waals surface area contributed by atoms with Crippen molar-refractivity contribution in [3.8, 4) is 0 Å². The Balaban J connectivity index is 1.96. The minimum atomic E-state index is 0.566. The molecule has 1 N–H and O–H groups in total. The van der Waals surface area contributed by atoms with Gasteiger partial charge in [-0.3, -0.25) is 0 Å². The largest absolute Gasteiger partial charge is 0.305 e. The van der Waals surface area contributed by atoms with E-state index in [9.17, 15) is 0 Å². The van der Waals surface area contributed by atoms with Gasteiger partial charge in [0.05, 0.1) is 0 Å². The zero-order valence-electron chi connectivity index (χ0n) is 9.40. The number of hydrogen-bond donors (Lipinski definition) is 1. The molecule has 0 saturated carbocycles. The van der Waals surface area contributed by atoms with Crippen LogP contribution in [0, 0.1) is 0 Å². The van der Waals surface area contributed by atoms with Crippen LogP contribution in [0.15, 0.2) is 17.5 Å². The summed E-state index contributed by atoms with van der Waals surface area (Å²) < 4.78 is 0. The first-order valence-corrected chi connectivity index (χ1v) is 7.65. The van der Waals surface area contributed by atoms with Crippen LogP contribution >= 0.6 is 23.1 Å². The van der Waals surface area contributed by atoms with Crippen molar-refractivity contribution < 1.29 is 0 Å². The molecule has 1 aliphatic heterocycles. The Morgan fingerprint density at radius 2 is 2.47 bits per heavy atom. The van der Waals surface area contributed by atoms with Gasteiger partial charge in [-0.25, -0.2) is 0 Å². The molecular weight excluding hydrogens is 222 g/mol. The highest BCUT2D eigenvalue weighted by molar-refractivity contribution is 8.00. The van der Waals surface area contributed by atoms with E-state index in [1.165, 1.54) is 23.5 Å². The minimum absolute atomic E-state index is 0.566. The highest BCUT2D eigenvalue weighted by Crippen LogP contribution is 2.30. The average molecular weight is 241 g/mol. The molecule has 3 unspecified atom stereocenters. The van der Waals surface area contributed by atoms with Crippen LogP contribution in [0.2, 0.25) is 0 Å². The first kappa shape index (κ1) is 11.5. The summed E-state index contributed by atoms with van der Waals surface area (Å²) in [6.45, 7) is 4.61. The first-order chi connectivity index (χ1) is 7.31. The zero-order chi connectivity index (χ0) is 10.7. The van der Waals surface area contributed by atoms with E-state index in [2.05, 4.69) is 48.4 Å². The molecule has 1 aliphatic rings. The van der Waals surface area contributed by atoms with E-state index in [4.69, 9.17) is 0 Å². The van der Waals surface area contributed by atoms with Crippen molar-refractivity contribution in [2.45, 2.75) is 44.0 Å². The predicted octanol–water partition coefficient (Wildman–Crippen LogP) is 3.68. The van der Waals surface area contributed by atoms with Gasteiger partial charge < -0.3 is 5.32 Å². The Labute approximate surface area is 101 Å². The fourth-order valence-corrected chi connectivity index (χ4v) is 4.18. The van der Waals surface area contributed by atoms with Crippen LogP contribution in [0.1, 0.15) is 37.6 Å². The maximum absolute atomic E-state index is 3.81. The molecule has 0 aromatic carbocycles. The molecule has 1 nitrogen and oxygen atoms in total. The SMILES string of the molecule is CCC(NC1CCSC1C)c1cccs1. The Hall–Kier alpha value is 0.01000. The van der Waals surface area contributed by atoms with Gasteiger partial charge in [-0.1, -0.05) is 19.9 Å². The molecule has 3 heteroatoms. The molecule has 2 rings (SSSR count). The Morgan fingerprint density at radius 1 is 1.60 bits per heavy atom. The van der Waals surface area contributed by atoms with Crippen molar-refractivity contribution >= 4 is 23.1 Å². The van der Waals surface area contributed by atoms with Crippen LogP contribution in [0.25, 0.3) is 0 Å². The second-order valence-corrected chi connectivity index (χ2v) is 6.58. The highest BCUT2D eigenvalue weighted by atomic mass is 32.2. The molecular formula is C12H19NS2. The second-order valence-electron chi connectivity index (χ2n) is 4.11. The van der Waals surface area contributed by atoms with Crippen LogP contribution in [-0.4, -0.2) is 17.0 Å². The quantitative estimate of drug-likeness (QED) is 0.863. The van der Waals surface area contributed by atoms with Gasteiger partial charge in [0.15, 0.2) is 0 Å². The fourth-order valence-electron chi connectivity index (χ4n) is 2.10. The fraction of sp³-hybridized carbons (Fsp3) is 0.667. The monoisotopic (exact) mass is 241 g/mol. The molecule has 1 saturated heterocycles. The summed E-state index contributed by atoms with van der Waals surface area (Å²) in [4.78, 5) is 1.49. The zero-order valence-corrected chi connectivity index (χ0v) is 11.0. The summed E-state index contributed by atoms with van der Waals surface area (Å²) in [6, 6.07) is 5.67. The average Bonchev–Trinajstić information content (AvgIpc) is 2.86. The molecule has 1 aromatic rings. The van der Waals surface area contributed by atoms with Crippen molar-refractivity contribution in [2.75, 3.05) is 5.75 Å². The van der Waals surface area contributed by atoms with E-state index in [1.54, 1.807) is 0 Å². The van der Waals surface area contributed by atoms with E-state index in [0.717, 1.165) is 5.25 Å². The van der Waals surface area contributed by atoms with Crippen molar-refractivity contribution in [1.29, 1.82) is 0 Å². The summed E-state index contributed by atoms with van der Waals surface area (Å²) in [6.07, 6.45) is 2.52. The number of hydrogen-bond acceptors (Lipinski definition) is 3. The van der Waals surface area contributed by atoms with E-state index < -0.39 is 0 Å². The maximum Gasteiger partial charge on any atom is 0.0414 e. The number of nitrogens with one attached hydrogen (secondary N) is 1. The molecule has 84 valence electrons. The Bertz CT molecular complexity index is 284. The number of thiophene rings is 1. The molecule has 1 fully saturated rings. The lowest BCUT2D eigenvalue weighted by Gasteiger charge is -2.23. The van der Waals surface area contributed by atoms with Gasteiger partial charge in [0.2, 0.25) is 0 Å². The van der Waals surface area contributed by atoms with Crippen LogP contribution < -0.4 is 5.32 Å². The van der Waals surface area contributed by atoms with Gasteiger partial charge in [-0.15, -0.1) is 11.3 Å². The Kier molecular flexibility index (Phi) is 4.12. The van der Waals surface area contributed by atoms with Crippen LogP contribution in [0.5, 0.6) is 0 Å². The van der Waals surface area contributed by atoms with E-state index >= 15 is 0 Å². The van der Waals surface area contributed by atoms with Crippen molar-refractivity contribution in [3.05, 3.63) is 22.4 Å². The lowest BCUT2D eigenvalue weighted by molar-refractivity contribution is 0.429. The Morgan fingerprint density at radius 3 is 3.00 bits per heavy atom. The topological polar surface area (TPSA) is 12.0 Å². The lowest BCUT2D eigenvalue weighted by atomic mass is 10.1. The molecule has 0 bridgehead atoms. The van der Waals surface area contributed by atoms with E-state index in [-0.39, 0.29) is 0 Å². The van der Waals surface area contributed by atoms with Crippen LogP contribution in [-0.2, 0) is 0 Å². The van der Waals surface area contributed by atoms with Crippen molar-refractivity contribution in [3.63, 3.8) is 0 Å². The molecule has 1 aromatic heterocycles. The van der Waals surface area contributed by atoms with Gasteiger partial charge in [-0.05, 0) is 30.0 Å². The number of rotatable bonds is 4. The van der Waals surface area contributed by atoms with E-state index in [1.807, 2.05) is 11.3 Å². The highest BCUT2D eigenvalue weighted by Gasteiger charge is 2.26. The third-order valence-electron chi connectivity index (χ3n) is 3.09. The van der Waals surface area contributed by atoms with Crippen molar-refractivity contribution in [2.24, 2.45) is 0 Å². The summed E-state index contributed by atoms with van der Waals surface area (Å²) in [7, 11) is 0. The summed E-state index contributed by atoms with van der Waals surface area (Å²) in [5.41, 5.74) is 0. The molecule has 2 heterocycles. The van der Waals surface area contributed by atoms with E-state index in [0.29, 0.717) is 12.1 Å². The normalized spacial score (nSPS) is 28.1. The van der Waals surface area contributed by atoms with Crippen molar-refractivity contribution in [1.82, 2.24) is 5.32 Å². The standard InChI is InChI=1S/C12H19NS2/c1-3-10(12-5-4-7-15-12)13-11-6-8-14-9(11)2/h4-5,7,9-11,13H,3,6,8H2,1-2H3. The molecule has 0 spiro atoms. The second kappa shape index (κ2) is 5.37.